The van der Waals surface area contributed by atoms with Crippen molar-refractivity contribution in [2.24, 2.45) is 0 Å². The summed E-state index contributed by atoms with van der Waals surface area (Å²) < 4.78 is 0. The summed E-state index contributed by atoms with van der Waals surface area (Å²) in [6.07, 6.45) is 9.58. The zero-order valence-corrected chi connectivity index (χ0v) is 44.4. The Kier molecular flexibility index (Phi) is 9.51. The monoisotopic (exact) mass is 930 g/mol. The Bertz CT molecular complexity index is 3340. The minimum atomic E-state index is -0.212. The molecule has 6 aliphatic rings. The first-order chi connectivity index (χ1) is 33.9. The third-order valence-corrected chi connectivity index (χ3v) is 19.6. The van der Waals surface area contributed by atoms with Gasteiger partial charge in [-0.25, -0.2) is 0 Å². The summed E-state index contributed by atoms with van der Waals surface area (Å²) in [5, 5.41) is 0. The Labute approximate surface area is 425 Å². The third-order valence-electron chi connectivity index (χ3n) is 19.6. The summed E-state index contributed by atoms with van der Waals surface area (Å²) in [5.41, 5.74) is 25.9. The van der Waals surface area contributed by atoms with Crippen molar-refractivity contribution in [1.29, 1.82) is 0 Å². The van der Waals surface area contributed by atoms with Crippen LogP contribution in [0.1, 0.15) is 153 Å². The highest BCUT2D eigenvalue weighted by Crippen LogP contribution is 2.66. The molecule has 2 saturated carbocycles. The topological polar surface area (TPSA) is 9.72 Å². The second-order valence-corrected chi connectivity index (χ2v) is 25.4. The van der Waals surface area contributed by atoms with Crippen LogP contribution in [-0.4, -0.2) is 17.8 Å². The molecule has 0 spiro atoms. The molecule has 0 radical (unpaired) electrons. The average Bonchev–Trinajstić information content (AvgIpc) is 3.73. The van der Waals surface area contributed by atoms with Crippen LogP contribution >= 0.6 is 0 Å². The van der Waals surface area contributed by atoms with Gasteiger partial charge in [0.25, 0.3) is 6.71 Å². The van der Waals surface area contributed by atoms with Gasteiger partial charge in [0.2, 0.25) is 0 Å². The Hall–Kier alpha value is -6.00. The molecule has 0 aromatic heterocycles. The first-order valence-corrected chi connectivity index (χ1v) is 27.1. The summed E-state index contributed by atoms with van der Waals surface area (Å²) in [7, 11) is 0. The van der Waals surface area contributed by atoms with Gasteiger partial charge in [-0.2, -0.15) is 0 Å². The quantitative estimate of drug-likeness (QED) is 0.163. The Morgan fingerprint density at radius 3 is 1.85 bits per heavy atom. The average molecular weight is 930 g/mol. The smallest absolute Gasteiger partial charge is 0.252 e. The van der Waals surface area contributed by atoms with E-state index in [4.69, 9.17) is 0 Å². The Morgan fingerprint density at radius 2 is 1.11 bits per heavy atom. The standard InChI is InChI=1S/C67H72BN3/c1-43-38-44(2)59-61-58(43)64(9)34-20-21-35-65(64,10)71(61)57-42-49(70-54-29-19-18-28-51(54)67(46-26-16-13-17-27-46)37-23-22-36-66(67,70)11)41-56-60(57)68(59)52-32-30-48(63(6,7)8)40-55(52)69(56)53-33-31-47(62(3,4)5)39-50(53)45-24-14-12-15-25-45/h12-19,24-33,38-42H,20-23,34-37H2,1-11H3. The van der Waals surface area contributed by atoms with E-state index in [1.807, 2.05) is 0 Å². The second-order valence-electron chi connectivity index (χ2n) is 25.4. The fourth-order valence-corrected chi connectivity index (χ4v) is 16.0. The van der Waals surface area contributed by atoms with E-state index in [1.54, 1.807) is 5.56 Å². The normalized spacial score (nSPS) is 24.8. The van der Waals surface area contributed by atoms with Gasteiger partial charge < -0.3 is 14.7 Å². The van der Waals surface area contributed by atoms with Crippen LogP contribution in [0.2, 0.25) is 0 Å². The van der Waals surface area contributed by atoms with E-state index in [9.17, 15) is 0 Å². The van der Waals surface area contributed by atoms with Gasteiger partial charge in [-0.3, -0.25) is 0 Å². The van der Waals surface area contributed by atoms with Gasteiger partial charge in [0, 0.05) is 50.5 Å². The first kappa shape index (κ1) is 44.9. The van der Waals surface area contributed by atoms with E-state index < -0.39 is 0 Å². The van der Waals surface area contributed by atoms with Crippen molar-refractivity contribution < 1.29 is 0 Å². The van der Waals surface area contributed by atoms with Crippen LogP contribution < -0.4 is 31.1 Å². The van der Waals surface area contributed by atoms with Gasteiger partial charge in [-0.15, -0.1) is 0 Å². The summed E-state index contributed by atoms with van der Waals surface area (Å²) >= 11 is 0. The molecule has 7 aromatic rings. The SMILES string of the molecule is Cc1cc(C)c2c3c1B1c4ccc(C(C)(C)C)cc4N(c4ccc(C(C)(C)C)cc4-c4ccccc4)c4cc(N5c6ccccc6C6(c7ccccc7)CCCCC56C)cc(c41)N3C1(C)CCCCC21C. The summed E-state index contributed by atoms with van der Waals surface area (Å²) in [4.78, 5) is 8.59. The predicted molar refractivity (Wildman–Crippen MR) is 304 cm³/mol. The molecule has 4 heterocycles. The van der Waals surface area contributed by atoms with Crippen LogP contribution in [0, 0.1) is 13.8 Å². The Balaban J connectivity index is 1.19. The van der Waals surface area contributed by atoms with Crippen molar-refractivity contribution in [2.45, 2.75) is 160 Å². The second kappa shape index (κ2) is 15.0. The number of hydrogen-bond acceptors (Lipinski definition) is 3. The molecule has 0 bridgehead atoms. The molecule has 0 saturated heterocycles. The lowest BCUT2D eigenvalue weighted by Crippen LogP contribution is -2.65. The van der Waals surface area contributed by atoms with Crippen LogP contribution in [-0.2, 0) is 21.7 Å². The van der Waals surface area contributed by atoms with Crippen molar-refractivity contribution in [1.82, 2.24) is 0 Å². The fraction of sp³-hybridized carbons (Fsp3) is 0.373. The largest absolute Gasteiger partial charge is 0.335 e. The van der Waals surface area contributed by atoms with E-state index in [-0.39, 0.29) is 39.5 Å². The van der Waals surface area contributed by atoms with E-state index >= 15 is 0 Å². The molecule has 2 fully saturated rings. The maximum absolute atomic E-state index is 2.97. The molecule has 7 aromatic carbocycles. The molecule has 4 aliphatic heterocycles. The highest BCUT2D eigenvalue weighted by molar-refractivity contribution is 7.00. The van der Waals surface area contributed by atoms with Gasteiger partial charge in [0.15, 0.2) is 0 Å². The number of nitrogens with zero attached hydrogens (tertiary/aromatic N) is 3. The molecular weight excluding hydrogens is 858 g/mol. The third kappa shape index (κ3) is 5.86. The lowest BCUT2D eigenvalue weighted by Gasteiger charge is -2.54. The molecule has 2 aliphatic carbocycles. The molecule has 13 rings (SSSR count). The van der Waals surface area contributed by atoms with Crippen molar-refractivity contribution >= 4 is 62.9 Å². The van der Waals surface area contributed by atoms with E-state index in [2.05, 4.69) is 230 Å². The van der Waals surface area contributed by atoms with Crippen LogP contribution in [0.3, 0.4) is 0 Å². The van der Waals surface area contributed by atoms with Gasteiger partial charge in [-0.05, 0) is 156 Å². The number of aryl methyl sites for hydroxylation is 2. The van der Waals surface area contributed by atoms with Crippen LogP contribution in [0.4, 0.5) is 39.8 Å². The highest BCUT2D eigenvalue weighted by atomic mass is 15.3. The lowest BCUT2D eigenvalue weighted by molar-refractivity contribution is 0.194. The molecule has 3 nitrogen and oxygen atoms in total. The minimum Gasteiger partial charge on any atom is -0.335 e. The maximum atomic E-state index is 2.97. The van der Waals surface area contributed by atoms with Crippen LogP contribution in [0.15, 0.2) is 140 Å². The van der Waals surface area contributed by atoms with Crippen molar-refractivity contribution in [3.63, 3.8) is 0 Å². The fourth-order valence-electron chi connectivity index (χ4n) is 16.0. The molecule has 71 heavy (non-hydrogen) atoms. The number of fused-ring (bicyclic) bond motifs is 10. The van der Waals surface area contributed by atoms with Crippen LogP contribution in [0.5, 0.6) is 0 Å². The molecule has 0 amide bonds. The van der Waals surface area contributed by atoms with Crippen molar-refractivity contribution in [2.75, 3.05) is 14.7 Å². The number of hydrogen-bond donors (Lipinski definition) is 0. The van der Waals surface area contributed by atoms with Crippen molar-refractivity contribution in [3.8, 4) is 11.1 Å². The Morgan fingerprint density at radius 1 is 0.493 bits per heavy atom. The molecule has 4 atom stereocenters. The zero-order valence-electron chi connectivity index (χ0n) is 44.4. The first-order valence-electron chi connectivity index (χ1n) is 27.1. The van der Waals surface area contributed by atoms with Gasteiger partial charge in [0.05, 0.1) is 16.8 Å². The predicted octanol–water partition coefficient (Wildman–Crippen LogP) is 15.7. The van der Waals surface area contributed by atoms with Gasteiger partial charge in [0.1, 0.15) is 0 Å². The number of rotatable bonds is 4. The van der Waals surface area contributed by atoms with E-state index in [0.717, 1.165) is 12.8 Å². The van der Waals surface area contributed by atoms with E-state index in [1.165, 1.54) is 139 Å². The molecule has 358 valence electrons. The lowest BCUT2D eigenvalue weighted by atomic mass is 9.32. The molecule has 4 heteroatoms. The van der Waals surface area contributed by atoms with Gasteiger partial charge in [-0.1, -0.05) is 183 Å². The summed E-state index contributed by atoms with van der Waals surface area (Å²) in [6, 6.07) is 55.3. The molecule has 4 unspecified atom stereocenters. The van der Waals surface area contributed by atoms with Gasteiger partial charge >= 0.3 is 0 Å². The highest BCUT2D eigenvalue weighted by Gasteiger charge is 2.64. The summed E-state index contributed by atoms with van der Waals surface area (Å²) in [6.45, 7) is 27.1. The van der Waals surface area contributed by atoms with Crippen LogP contribution in [0.25, 0.3) is 11.1 Å². The zero-order chi connectivity index (χ0) is 49.2. The number of para-hydroxylation sites is 1. The van der Waals surface area contributed by atoms with Crippen molar-refractivity contribution in [3.05, 3.63) is 178 Å². The number of benzene rings is 7. The maximum Gasteiger partial charge on any atom is 0.252 e. The van der Waals surface area contributed by atoms with E-state index in [0.29, 0.717) is 0 Å². The minimum absolute atomic E-state index is 0.00340. The molecule has 0 N–H and O–H groups in total. The number of anilines is 7. The molecular formula is C67H72BN3. The summed E-state index contributed by atoms with van der Waals surface area (Å²) in [5.74, 6) is 0.